The first kappa shape index (κ1) is 14.4. The van der Waals surface area contributed by atoms with Crippen LogP contribution in [-0.2, 0) is 18.4 Å². The normalized spacial score (nSPS) is 15.1. The molecule has 2 N–H and O–H groups in total. The molecular weight excluding hydrogens is 254 g/mol. The van der Waals surface area contributed by atoms with Gasteiger partial charge in [0, 0.05) is 39.1 Å². The SMILES string of the molecule is CN=C(NCC(=O)NC1CC1)N(C)Cc1cccn1C. The summed E-state index contributed by atoms with van der Waals surface area (Å²) in [4.78, 5) is 17.9. The van der Waals surface area contributed by atoms with E-state index in [2.05, 4.69) is 26.3 Å². The van der Waals surface area contributed by atoms with Gasteiger partial charge in [0.1, 0.15) is 0 Å². The van der Waals surface area contributed by atoms with Gasteiger partial charge < -0.3 is 20.1 Å². The van der Waals surface area contributed by atoms with Gasteiger partial charge in [-0.15, -0.1) is 0 Å². The number of carbonyl (C=O) groups is 1. The van der Waals surface area contributed by atoms with E-state index in [1.807, 2.05) is 31.3 Å². The molecule has 0 spiro atoms. The maximum absolute atomic E-state index is 11.7. The Labute approximate surface area is 119 Å². The Morgan fingerprint density at radius 3 is 2.85 bits per heavy atom. The van der Waals surface area contributed by atoms with Crippen LogP contribution >= 0.6 is 0 Å². The van der Waals surface area contributed by atoms with Gasteiger partial charge in [0.15, 0.2) is 5.96 Å². The van der Waals surface area contributed by atoms with E-state index in [1.54, 1.807) is 7.05 Å². The van der Waals surface area contributed by atoms with Crippen molar-refractivity contribution in [2.75, 3.05) is 20.6 Å². The van der Waals surface area contributed by atoms with Crippen molar-refractivity contribution < 1.29 is 4.79 Å². The lowest BCUT2D eigenvalue weighted by molar-refractivity contribution is -0.120. The highest BCUT2D eigenvalue weighted by Crippen LogP contribution is 2.18. The molecule has 0 bridgehead atoms. The van der Waals surface area contributed by atoms with Gasteiger partial charge in [-0.3, -0.25) is 9.79 Å². The maximum atomic E-state index is 11.7. The molecule has 0 radical (unpaired) electrons. The molecule has 1 saturated carbocycles. The molecule has 6 heteroatoms. The molecular formula is C14H23N5O. The molecule has 2 rings (SSSR count). The first-order valence-corrected chi connectivity index (χ1v) is 6.91. The van der Waals surface area contributed by atoms with Crippen molar-refractivity contribution in [3.8, 4) is 0 Å². The van der Waals surface area contributed by atoms with E-state index in [-0.39, 0.29) is 12.5 Å². The molecule has 20 heavy (non-hydrogen) atoms. The molecule has 110 valence electrons. The van der Waals surface area contributed by atoms with Crippen molar-refractivity contribution >= 4 is 11.9 Å². The van der Waals surface area contributed by atoms with Crippen LogP contribution in [0.15, 0.2) is 23.3 Å². The number of hydrogen-bond acceptors (Lipinski definition) is 2. The average molecular weight is 277 g/mol. The Hall–Kier alpha value is -1.98. The molecule has 1 fully saturated rings. The fourth-order valence-corrected chi connectivity index (χ4v) is 2.03. The van der Waals surface area contributed by atoms with Crippen LogP contribution in [0, 0.1) is 0 Å². The van der Waals surface area contributed by atoms with Gasteiger partial charge in [-0.2, -0.15) is 0 Å². The summed E-state index contributed by atoms with van der Waals surface area (Å²) in [6.45, 7) is 1.01. The van der Waals surface area contributed by atoms with Gasteiger partial charge in [-0.25, -0.2) is 0 Å². The number of aliphatic imine (C=N–C) groups is 1. The number of nitrogens with one attached hydrogen (secondary N) is 2. The molecule has 1 aliphatic carbocycles. The third kappa shape index (κ3) is 4.01. The summed E-state index contributed by atoms with van der Waals surface area (Å²) in [5, 5.41) is 6.04. The molecule has 1 aromatic heterocycles. The zero-order chi connectivity index (χ0) is 14.5. The molecule has 1 amide bonds. The fourth-order valence-electron chi connectivity index (χ4n) is 2.03. The molecule has 1 heterocycles. The predicted octanol–water partition coefficient (Wildman–Crippen LogP) is 0.311. The van der Waals surface area contributed by atoms with Crippen LogP contribution in [0.3, 0.4) is 0 Å². The number of amides is 1. The van der Waals surface area contributed by atoms with Gasteiger partial charge in [0.2, 0.25) is 5.91 Å². The van der Waals surface area contributed by atoms with Crippen molar-refractivity contribution in [2.45, 2.75) is 25.4 Å². The molecule has 1 aliphatic rings. The number of aryl methyl sites for hydroxylation is 1. The second kappa shape index (κ2) is 6.45. The van der Waals surface area contributed by atoms with Crippen LogP contribution in [0.4, 0.5) is 0 Å². The van der Waals surface area contributed by atoms with Crippen molar-refractivity contribution in [1.82, 2.24) is 20.1 Å². The number of aromatic nitrogens is 1. The highest BCUT2D eigenvalue weighted by atomic mass is 16.2. The van der Waals surface area contributed by atoms with Crippen LogP contribution in [0.2, 0.25) is 0 Å². The lowest BCUT2D eigenvalue weighted by Gasteiger charge is -2.22. The topological polar surface area (TPSA) is 61.7 Å². The van der Waals surface area contributed by atoms with Gasteiger partial charge in [0.05, 0.1) is 13.1 Å². The van der Waals surface area contributed by atoms with Gasteiger partial charge in [-0.05, 0) is 25.0 Å². The Bertz CT molecular complexity index is 490. The third-order valence-electron chi connectivity index (χ3n) is 3.37. The number of rotatable bonds is 5. The molecule has 0 aromatic carbocycles. The van der Waals surface area contributed by atoms with Crippen molar-refractivity contribution in [1.29, 1.82) is 0 Å². The zero-order valence-corrected chi connectivity index (χ0v) is 12.4. The van der Waals surface area contributed by atoms with Crippen LogP contribution in [0.1, 0.15) is 18.5 Å². The Kier molecular flexibility index (Phi) is 4.65. The van der Waals surface area contributed by atoms with E-state index in [9.17, 15) is 4.79 Å². The summed E-state index contributed by atoms with van der Waals surface area (Å²) in [6, 6.07) is 4.49. The minimum Gasteiger partial charge on any atom is -0.353 e. The first-order valence-electron chi connectivity index (χ1n) is 6.91. The quantitative estimate of drug-likeness (QED) is 0.601. The van der Waals surface area contributed by atoms with Gasteiger partial charge in [0.25, 0.3) is 0 Å². The highest BCUT2D eigenvalue weighted by Gasteiger charge is 2.23. The molecule has 0 aliphatic heterocycles. The molecule has 0 saturated heterocycles. The number of hydrogen-bond donors (Lipinski definition) is 2. The second-order valence-electron chi connectivity index (χ2n) is 5.21. The summed E-state index contributed by atoms with van der Waals surface area (Å²) in [6.07, 6.45) is 4.23. The molecule has 0 unspecified atom stereocenters. The number of nitrogens with zero attached hydrogens (tertiary/aromatic N) is 3. The molecule has 0 atom stereocenters. The van der Waals surface area contributed by atoms with Crippen LogP contribution < -0.4 is 10.6 Å². The number of carbonyl (C=O) groups excluding carboxylic acids is 1. The highest BCUT2D eigenvalue weighted by molar-refractivity contribution is 5.86. The van der Waals surface area contributed by atoms with E-state index >= 15 is 0 Å². The van der Waals surface area contributed by atoms with E-state index in [4.69, 9.17) is 0 Å². The second-order valence-corrected chi connectivity index (χ2v) is 5.21. The van der Waals surface area contributed by atoms with Crippen molar-refractivity contribution in [3.63, 3.8) is 0 Å². The van der Waals surface area contributed by atoms with Gasteiger partial charge in [-0.1, -0.05) is 0 Å². The summed E-state index contributed by atoms with van der Waals surface area (Å²) < 4.78 is 2.07. The average Bonchev–Trinajstić information content (AvgIpc) is 3.13. The molecule has 1 aromatic rings. The monoisotopic (exact) mass is 277 g/mol. The maximum Gasteiger partial charge on any atom is 0.239 e. The van der Waals surface area contributed by atoms with Crippen molar-refractivity contribution in [3.05, 3.63) is 24.0 Å². The van der Waals surface area contributed by atoms with E-state index in [1.165, 1.54) is 5.69 Å². The summed E-state index contributed by atoms with van der Waals surface area (Å²) in [5.41, 5.74) is 1.19. The minimum atomic E-state index is 0.0286. The Morgan fingerprint density at radius 1 is 1.55 bits per heavy atom. The van der Waals surface area contributed by atoms with Crippen molar-refractivity contribution in [2.24, 2.45) is 12.0 Å². The first-order chi connectivity index (χ1) is 9.60. The zero-order valence-electron chi connectivity index (χ0n) is 12.4. The smallest absolute Gasteiger partial charge is 0.239 e. The summed E-state index contributed by atoms with van der Waals surface area (Å²) >= 11 is 0. The lowest BCUT2D eigenvalue weighted by atomic mass is 10.4. The van der Waals surface area contributed by atoms with Crippen LogP contribution in [-0.4, -0.2) is 48.0 Å². The lowest BCUT2D eigenvalue weighted by Crippen LogP contribution is -2.44. The van der Waals surface area contributed by atoms with Crippen LogP contribution in [0.25, 0.3) is 0 Å². The van der Waals surface area contributed by atoms with Gasteiger partial charge >= 0.3 is 0 Å². The Balaban J connectivity index is 1.81. The van der Waals surface area contributed by atoms with E-state index in [0.29, 0.717) is 6.04 Å². The largest absolute Gasteiger partial charge is 0.353 e. The Morgan fingerprint density at radius 2 is 2.30 bits per heavy atom. The number of guanidine groups is 1. The predicted molar refractivity (Wildman–Crippen MR) is 79.4 cm³/mol. The van der Waals surface area contributed by atoms with Crippen LogP contribution in [0.5, 0.6) is 0 Å². The summed E-state index contributed by atoms with van der Waals surface area (Å²) in [7, 11) is 5.70. The van der Waals surface area contributed by atoms with E-state index < -0.39 is 0 Å². The minimum absolute atomic E-state index is 0.0286. The fraction of sp³-hybridized carbons (Fsp3) is 0.571. The third-order valence-corrected chi connectivity index (χ3v) is 3.37. The summed E-state index contributed by atoms with van der Waals surface area (Å²) in [5.74, 6) is 0.748. The standard InChI is InChI=1S/C14H23N5O/c1-15-14(16-9-13(20)17-11-6-7-11)19(3)10-12-5-4-8-18(12)2/h4-5,8,11H,6-7,9-10H2,1-3H3,(H,15,16)(H,17,20). The van der Waals surface area contributed by atoms with E-state index in [0.717, 1.165) is 25.3 Å². The molecule has 6 nitrogen and oxygen atoms in total.